The van der Waals surface area contributed by atoms with E-state index in [9.17, 15) is 19.5 Å². The van der Waals surface area contributed by atoms with E-state index in [4.69, 9.17) is 14.2 Å². The van der Waals surface area contributed by atoms with Crippen molar-refractivity contribution in [3.05, 3.63) is 39.7 Å². The van der Waals surface area contributed by atoms with Crippen LogP contribution in [-0.4, -0.2) is 66.0 Å². The normalized spacial score (nSPS) is 23.7. The maximum absolute atomic E-state index is 16.4. The Labute approximate surface area is 236 Å². The number of carbonyl (C=O) groups excluding carboxylic acids is 1. The number of aromatic nitrogens is 1. The molecule has 3 fully saturated rings. The van der Waals surface area contributed by atoms with Gasteiger partial charge in [0.05, 0.1) is 36.1 Å². The molecule has 10 nitrogen and oxygen atoms in total. The number of rotatable bonds is 5. The molecule has 1 saturated carbocycles. The second kappa shape index (κ2) is 9.65. The van der Waals surface area contributed by atoms with Crippen LogP contribution in [0.25, 0.3) is 10.9 Å². The first-order valence-electron chi connectivity index (χ1n) is 13.8. The van der Waals surface area contributed by atoms with Gasteiger partial charge in [0.2, 0.25) is 5.43 Å². The van der Waals surface area contributed by atoms with Crippen LogP contribution in [0.4, 0.5) is 19.3 Å². The Morgan fingerprint density at radius 3 is 2.34 bits per heavy atom. The largest absolute Gasteiger partial charge is 0.477 e. The number of pyridine rings is 1. The molecular formula is C29H37F2N3O7. The van der Waals surface area contributed by atoms with Gasteiger partial charge >= 0.3 is 12.1 Å². The predicted octanol–water partition coefficient (Wildman–Crippen LogP) is 4.43. The van der Waals surface area contributed by atoms with Crippen molar-refractivity contribution in [2.75, 3.05) is 37.7 Å². The molecule has 1 aromatic carbocycles. The number of alkyl carbamates (subject to hydrolysis) is 1. The van der Waals surface area contributed by atoms with E-state index in [1.807, 2.05) is 20.8 Å². The van der Waals surface area contributed by atoms with Crippen molar-refractivity contribution in [3.63, 3.8) is 0 Å². The molecule has 2 aromatic rings. The van der Waals surface area contributed by atoms with Gasteiger partial charge in [-0.05, 0) is 39.7 Å². The van der Waals surface area contributed by atoms with E-state index in [2.05, 4.69) is 5.32 Å². The summed E-state index contributed by atoms with van der Waals surface area (Å²) in [7, 11) is 0. The minimum absolute atomic E-state index is 0.0322. The highest BCUT2D eigenvalue weighted by molar-refractivity contribution is 5.94. The molecular weight excluding hydrogens is 540 g/mol. The first kappa shape index (κ1) is 29.2. The van der Waals surface area contributed by atoms with Gasteiger partial charge in [0.15, 0.2) is 11.6 Å². The lowest BCUT2D eigenvalue weighted by Gasteiger charge is -2.48. The highest BCUT2D eigenvalue weighted by atomic mass is 19.1. The lowest BCUT2D eigenvalue weighted by molar-refractivity contribution is -0.325. The van der Waals surface area contributed by atoms with Crippen molar-refractivity contribution in [1.82, 2.24) is 9.88 Å². The number of fused-ring (bicyclic) bond motifs is 1. The number of ether oxygens (including phenoxy) is 3. The van der Waals surface area contributed by atoms with Crippen LogP contribution >= 0.6 is 0 Å². The van der Waals surface area contributed by atoms with Gasteiger partial charge in [-0.3, -0.25) is 4.79 Å². The summed E-state index contributed by atoms with van der Waals surface area (Å²) in [6, 6.07) is 0.721. The average molecular weight is 578 g/mol. The van der Waals surface area contributed by atoms with Crippen LogP contribution in [-0.2, 0) is 14.2 Å². The first-order chi connectivity index (χ1) is 19.0. The van der Waals surface area contributed by atoms with Gasteiger partial charge in [-0.25, -0.2) is 18.4 Å². The highest BCUT2D eigenvalue weighted by Crippen LogP contribution is 2.49. The van der Waals surface area contributed by atoms with E-state index in [1.54, 1.807) is 20.8 Å². The number of anilines is 1. The zero-order chi connectivity index (χ0) is 30.1. The van der Waals surface area contributed by atoms with E-state index in [0.29, 0.717) is 26.1 Å². The van der Waals surface area contributed by atoms with Crippen molar-refractivity contribution in [3.8, 4) is 0 Å². The van der Waals surface area contributed by atoms with Crippen LogP contribution in [0.15, 0.2) is 17.1 Å². The number of nitrogens with zero attached hydrogens (tertiary/aromatic N) is 2. The lowest BCUT2D eigenvalue weighted by Crippen LogP contribution is -2.60. The van der Waals surface area contributed by atoms with Crippen LogP contribution in [0, 0.1) is 22.5 Å². The number of nitrogens with one attached hydrogen (secondary N) is 1. The van der Waals surface area contributed by atoms with Gasteiger partial charge < -0.3 is 34.1 Å². The van der Waals surface area contributed by atoms with E-state index < -0.39 is 51.5 Å². The number of carboxylic acids is 1. The number of halogens is 2. The number of hydrogen-bond acceptors (Lipinski definition) is 7. The molecule has 0 radical (unpaired) electrons. The van der Waals surface area contributed by atoms with Crippen LogP contribution in [0.2, 0.25) is 0 Å². The number of carboxylic acid groups (broad SMARTS) is 1. The number of carbonyl (C=O) groups is 2. The molecule has 2 aliphatic heterocycles. The summed E-state index contributed by atoms with van der Waals surface area (Å²) in [5.74, 6) is -4.74. The zero-order valence-corrected chi connectivity index (χ0v) is 24.2. The summed E-state index contributed by atoms with van der Waals surface area (Å²) in [6.07, 6.45) is 1.86. The van der Waals surface area contributed by atoms with Crippen molar-refractivity contribution < 1.29 is 37.7 Å². The molecule has 0 bridgehead atoms. The number of benzene rings is 1. The van der Waals surface area contributed by atoms with Crippen molar-refractivity contribution in [2.24, 2.45) is 10.8 Å². The van der Waals surface area contributed by atoms with E-state index in [-0.39, 0.29) is 47.7 Å². The maximum Gasteiger partial charge on any atom is 0.407 e. The third kappa shape index (κ3) is 5.27. The van der Waals surface area contributed by atoms with Gasteiger partial charge in [-0.1, -0.05) is 20.8 Å². The monoisotopic (exact) mass is 577 g/mol. The average Bonchev–Trinajstić information content (AvgIpc) is 3.65. The third-order valence-corrected chi connectivity index (χ3v) is 7.94. The molecule has 1 aliphatic carbocycles. The molecule has 3 aliphatic rings. The second-order valence-electron chi connectivity index (χ2n) is 13.5. The minimum atomic E-state index is -1.46. The van der Waals surface area contributed by atoms with Crippen LogP contribution in [0.1, 0.15) is 70.8 Å². The number of aromatic carboxylic acids is 1. The van der Waals surface area contributed by atoms with Gasteiger partial charge in [0.25, 0.3) is 0 Å². The summed E-state index contributed by atoms with van der Waals surface area (Å²) >= 11 is 0. The van der Waals surface area contributed by atoms with E-state index >= 15 is 8.78 Å². The summed E-state index contributed by atoms with van der Waals surface area (Å²) in [4.78, 5) is 38.6. The van der Waals surface area contributed by atoms with Gasteiger partial charge in [0.1, 0.15) is 22.7 Å². The molecule has 2 saturated heterocycles. The molecule has 5 rings (SSSR count). The smallest absolute Gasteiger partial charge is 0.407 e. The molecule has 224 valence electrons. The van der Waals surface area contributed by atoms with E-state index in [0.717, 1.165) is 12.3 Å². The Hall–Kier alpha value is -3.25. The molecule has 3 heterocycles. The second-order valence-corrected chi connectivity index (χ2v) is 13.5. The minimum Gasteiger partial charge on any atom is -0.477 e. The molecule has 2 N–H and O–H groups in total. The fourth-order valence-electron chi connectivity index (χ4n) is 5.63. The third-order valence-electron chi connectivity index (χ3n) is 7.94. The summed E-state index contributed by atoms with van der Waals surface area (Å²) < 4.78 is 51.7. The zero-order valence-electron chi connectivity index (χ0n) is 24.2. The van der Waals surface area contributed by atoms with Gasteiger partial charge in [-0.15, -0.1) is 0 Å². The Balaban J connectivity index is 1.57. The van der Waals surface area contributed by atoms with Crippen LogP contribution in [0.5, 0.6) is 0 Å². The maximum atomic E-state index is 16.4. The molecule has 41 heavy (non-hydrogen) atoms. The lowest BCUT2D eigenvalue weighted by atomic mass is 9.82. The molecule has 1 amide bonds. The first-order valence-corrected chi connectivity index (χ1v) is 13.8. The Bertz CT molecular complexity index is 1470. The summed E-state index contributed by atoms with van der Waals surface area (Å²) in [6.45, 7) is 11.7. The number of hydrogen-bond donors (Lipinski definition) is 2. The van der Waals surface area contributed by atoms with Gasteiger partial charge in [-0.2, -0.15) is 0 Å². The molecule has 1 unspecified atom stereocenters. The Morgan fingerprint density at radius 2 is 1.78 bits per heavy atom. The standard InChI is InChI=1S/C29H37F2N3O7/c1-26(2,3)41-25(38)32-11-28(6)12-33(13-29(28)39-14-27(4,5)15-40-29)22-19(30)9-17-21(20(22)31)34(16-7-8-16)10-18(23(17)35)24(36)37/h9-10,16H,7-8,11-15H2,1-6H3,(H,32,38)(H,36,37). The molecule has 1 aromatic heterocycles. The van der Waals surface area contributed by atoms with Crippen LogP contribution in [0.3, 0.4) is 0 Å². The van der Waals surface area contributed by atoms with Gasteiger partial charge in [0, 0.05) is 30.7 Å². The fraction of sp³-hybridized carbons (Fsp3) is 0.621. The van der Waals surface area contributed by atoms with E-state index in [1.165, 1.54) is 9.47 Å². The van der Waals surface area contributed by atoms with Crippen molar-refractivity contribution in [2.45, 2.75) is 71.8 Å². The molecule has 12 heteroatoms. The molecule has 1 spiro atoms. The van der Waals surface area contributed by atoms with Crippen LogP contribution < -0.4 is 15.6 Å². The predicted molar refractivity (Wildman–Crippen MR) is 146 cm³/mol. The SMILES string of the molecule is CC1(C)COC2(CN(c3c(F)cc4c(=O)c(C(=O)O)cn(C5CC5)c4c3F)CC2(C)CNC(=O)OC(C)(C)C)OC1. The highest BCUT2D eigenvalue weighted by Gasteiger charge is 2.61. The summed E-state index contributed by atoms with van der Waals surface area (Å²) in [5.41, 5.74) is -3.96. The summed E-state index contributed by atoms with van der Waals surface area (Å²) in [5, 5.41) is 12.0. The van der Waals surface area contributed by atoms with Crippen molar-refractivity contribution in [1.29, 1.82) is 0 Å². The Kier molecular flexibility index (Phi) is 6.89. The molecule has 1 atom stereocenters. The topological polar surface area (TPSA) is 119 Å². The number of amides is 1. The van der Waals surface area contributed by atoms with Crippen molar-refractivity contribution >= 4 is 28.7 Å². The fourth-order valence-corrected chi connectivity index (χ4v) is 5.63. The quantitative estimate of drug-likeness (QED) is 0.536. The Morgan fingerprint density at radius 1 is 1.15 bits per heavy atom.